The fourth-order valence-electron chi connectivity index (χ4n) is 1.32. The second kappa shape index (κ2) is 3.80. The van der Waals surface area contributed by atoms with Crippen LogP contribution in [0.3, 0.4) is 0 Å². The van der Waals surface area contributed by atoms with E-state index in [1.165, 1.54) is 0 Å². The van der Waals surface area contributed by atoms with Gasteiger partial charge in [-0.1, -0.05) is 18.5 Å². The van der Waals surface area contributed by atoms with Crippen LogP contribution in [0.4, 0.5) is 0 Å². The summed E-state index contributed by atoms with van der Waals surface area (Å²) in [5.74, 6) is 1.85. The van der Waals surface area contributed by atoms with Crippen molar-refractivity contribution in [3.63, 3.8) is 0 Å². The van der Waals surface area contributed by atoms with E-state index in [0.29, 0.717) is 5.02 Å². The summed E-state index contributed by atoms with van der Waals surface area (Å²) < 4.78 is 1.95. The molecule has 0 aliphatic rings. The maximum atomic E-state index is 5.76. The molecule has 4 heteroatoms. The summed E-state index contributed by atoms with van der Waals surface area (Å²) in [6, 6.07) is 3.70. The largest absolute Gasteiger partial charge is 0.288 e. The lowest BCUT2D eigenvalue weighted by Crippen LogP contribution is -2.00. The van der Waals surface area contributed by atoms with Crippen LogP contribution in [0.1, 0.15) is 12.7 Å². The van der Waals surface area contributed by atoms with Crippen molar-refractivity contribution in [3.05, 3.63) is 41.6 Å². The Morgan fingerprint density at radius 3 is 2.86 bits per heavy atom. The van der Waals surface area contributed by atoms with E-state index in [1.54, 1.807) is 12.4 Å². The van der Waals surface area contributed by atoms with Gasteiger partial charge in [-0.15, -0.1) is 0 Å². The van der Waals surface area contributed by atoms with Crippen molar-refractivity contribution in [1.82, 2.24) is 14.5 Å². The molecule has 0 aliphatic heterocycles. The Bertz CT molecular complexity index is 419. The summed E-state index contributed by atoms with van der Waals surface area (Å²) in [5, 5.41) is 0.645. The van der Waals surface area contributed by atoms with Gasteiger partial charge in [0.2, 0.25) is 0 Å². The predicted octanol–water partition coefficient (Wildman–Crippen LogP) is 2.48. The Balaban J connectivity index is 2.44. The molecule has 0 saturated heterocycles. The number of imidazole rings is 1. The van der Waals surface area contributed by atoms with Gasteiger partial charge in [0.15, 0.2) is 0 Å². The van der Waals surface area contributed by atoms with Crippen molar-refractivity contribution >= 4 is 11.6 Å². The molecule has 3 nitrogen and oxygen atoms in total. The van der Waals surface area contributed by atoms with Crippen LogP contribution in [0.15, 0.2) is 30.7 Å². The van der Waals surface area contributed by atoms with Crippen molar-refractivity contribution in [2.24, 2.45) is 0 Å². The Morgan fingerprint density at radius 2 is 2.21 bits per heavy atom. The summed E-state index contributed by atoms with van der Waals surface area (Å²) in [7, 11) is 0. The molecule has 2 aromatic heterocycles. The lowest BCUT2D eigenvalue weighted by Gasteiger charge is -2.04. The van der Waals surface area contributed by atoms with E-state index in [0.717, 1.165) is 18.1 Å². The average molecular weight is 208 g/mol. The fraction of sp³-hybridized carbons (Fsp3) is 0.200. The summed E-state index contributed by atoms with van der Waals surface area (Å²) in [5.41, 5.74) is 0. The van der Waals surface area contributed by atoms with Gasteiger partial charge in [-0.25, -0.2) is 9.97 Å². The molecular formula is C10H10ClN3. The number of hydrogen-bond donors (Lipinski definition) is 0. The minimum atomic E-state index is 0.645. The normalized spacial score (nSPS) is 10.4. The average Bonchev–Trinajstić information content (AvgIpc) is 2.67. The second-order valence-corrected chi connectivity index (χ2v) is 3.34. The first-order valence-electron chi connectivity index (χ1n) is 4.45. The lowest BCUT2D eigenvalue weighted by molar-refractivity contribution is 0.867. The van der Waals surface area contributed by atoms with Gasteiger partial charge in [0.25, 0.3) is 0 Å². The third kappa shape index (κ3) is 1.63. The highest BCUT2D eigenvalue weighted by Gasteiger charge is 2.02. The molecule has 0 N–H and O–H groups in total. The SMILES string of the molecule is CCc1nccn1-c1ccc(Cl)cn1. The van der Waals surface area contributed by atoms with Crippen LogP contribution in [-0.4, -0.2) is 14.5 Å². The molecule has 0 spiro atoms. The van der Waals surface area contributed by atoms with E-state index in [9.17, 15) is 0 Å². The molecule has 72 valence electrons. The zero-order valence-electron chi connectivity index (χ0n) is 7.81. The van der Waals surface area contributed by atoms with Crippen LogP contribution in [-0.2, 0) is 6.42 Å². The van der Waals surface area contributed by atoms with Crippen LogP contribution in [0.25, 0.3) is 5.82 Å². The summed E-state index contributed by atoms with van der Waals surface area (Å²) in [4.78, 5) is 8.44. The number of rotatable bonds is 2. The molecular weight excluding hydrogens is 198 g/mol. The molecule has 2 aromatic rings. The van der Waals surface area contributed by atoms with Gasteiger partial charge < -0.3 is 0 Å². The molecule has 2 heterocycles. The highest BCUT2D eigenvalue weighted by molar-refractivity contribution is 6.30. The lowest BCUT2D eigenvalue weighted by atomic mass is 10.4. The number of halogens is 1. The minimum absolute atomic E-state index is 0.645. The minimum Gasteiger partial charge on any atom is -0.288 e. The van der Waals surface area contributed by atoms with Crippen LogP contribution in [0.5, 0.6) is 0 Å². The first-order valence-corrected chi connectivity index (χ1v) is 4.83. The number of nitrogens with zero attached hydrogens (tertiary/aromatic N) is 3. The second-order valence-electron chi connectivity index (χ2n) is 2.90. The van der Waals surface area contributed by atoms with Crippen LogP contribution >= 0.6 is 11.6 Å². The van der Waals surface area contributed by atoms with Crippen LogP contribution in [0, 0.1) is 0 Å². The van der Waals surface area contributed by atoms with Crippen molar-refractivity contribution in [1.29, 1.82) is 0 Å². The predicted molar refractivity (Wildman–Crippen MR) is 55.7 cm³/mol. The highest BCUT2D eigenvalue weighted by Crippen LogP contribution is 2.11. The maximum Gasteiger partial charge on any atom is 0.138 e. The molecule has 0 amide bonds. The van der Waals surface area contributed by atoms with E-state index in [2.05, 4.69) is 16.9 Å². The zero-order valence-corrected chi connectivity index (χ0v) is 8.57. The van der Waals surface area contributed by atoms with Crippen molar-refractivity contribution in [3.8, 4) is 5.82 Å². The van der Waals surface area contributed by atoms with E-state index in [-0.39, 0.29) is 0 Å². The molecule has 0 fully saturated rings. The first kappa shape index (κ1) is 9.21. The zero-order chi connectivity index (χ0) is 9.97. The molecule has 0 atom stereocenters. The molecule has 0 unspecified atom stereocenters. The summed E-state index contributed by atoms with van der Waals surface area (Å²) >= 11 is 5.76. The van der Waals surface area contributed by atoms with E-state index in [4.69, 9.17) is 11.6 Å². The van der Waals surface area contributed by atoms with Gasteiger partial charge in [-0.3, -0.25) is 4.57 Å². The van der Waals surface area contributed by atoms with Crippen molar-refractivity contribution in [2.45, 2.75) is 13.3 Å². The Hall–Kier alpha value is -1.35. The first-order chi connectivity index (χ1) is 6.81. The number of hydrogen-bond acceptors (Lipinski definition) is 2. The fourth-order valence-corrected chi connectivity index (χ4v) is 1.43. The van der Waals surface area contributed by atoms with Crippen LogP contribution < -0.4 is 0 Å². The van der Waals surface area contributed by atoms with Gasteiger partial charge in [-0.2, -0.15) is 0 Å². The third-order valence-corrected chi connectivity index (χ3v) is 2.22. The van der Waals surface area contributed by atoms with E-state index >= 15 is 0 Å². The Morgan fingerprint density at radius 1 is 1.36 bits per heavy atom. The number of pyridine rings is 1. The van der Waals surface area contributed by atoms with Gasteiger partial charge in [0.05, 0.1) is 5.02 Å². The summed E-state index contributed by atoms with van der Waals surface area (Å²) in [6.45, 7) is 2.06. The quantitative estimate of drug-likeness (QED) is 0.758. The van der Waals surface area contributed by atoms with Gasteiger partial charge in [0, 0.05) is 25.0 Å². The van der Waals surface area contributed by atoms with Gasteiger partial charge >= 0.3 is 0 Å². The maximum absolute atomic E-state index is 5.76. The molecule has 2 rings (SSSR count). The van der Waals surface area contributed by atoms with Gasteiger partial charge in [-0.05, 0) is 12.1 Å². The molecule has 0 aliphatic carbocycles. The number of aromatic nitrogens is 3. The monoisotopic (exact) mass is 207 g/mol. The smallest absolute Gasteiger partial charge is 0.138 e. The standard InChI is InChI=1S/C10H10ClN3/c1-2-9-12-5-6-14(9)10-4-3-8(11)7-13-10/h3-7H,2H2,1H3. The molecule has 0 aromatic carbocycles. The van der Waals surface area contributed by atoms with Crippen molar-refractivity contribution < 1.29 is 0 Å². The molecule has 0 bridgehead atoms. The van der Waals surface area contributed by atoms with E-state index in [1.807, 2.05) is 22.9 Å². The topological polar surface area (TPSA) is 30.7 Å². The van der Waals surface area contributed by atoms with E-state index < -0.39 is 0 Å². The third-order valence-electron chi connectivity index (χ3n) is 1.99. The molecule has 14 heavy (non-hydrogen) atoms. The molecule has 0 radical (unpaired) electrons. The van der Waals surface area contributed by atoms with Gasteiger partial charge in [0.1, 0.15) is 11.6 Å². The Labute approximate surface area is 87.4 Å². The number of aryl methyl sites for hydroxylation is 1. The Kier molecular flexibility index (Phi) is 2.50. The van der Waals surface area contributed by atoms with Crippen molar-refractivity contribution in [2.75, 3.05) is 0 Å². The van der Waals surface area contributed by atoms with Crippen LogP contribution in [0.2, 0.25) is 5.02 Å². The molecule has 0 saturated carbocycles. The highest BCUT2D eigenvalue weighted by atomic mass is 35.5. The summed E-state index contributed by atoms with van der Waals surface area (Å²) in [6.07, 6.45) is 6.19.